The Hall–Kier alpha value is -1.59. The highest BCUT2D eigenvalue weighted by Crippen LogP contribution is 2.14. The van der Waals surface area contributed by atoms with Gasteiger partial charge in [0, 0.05) is 43.4 Å². The minimum absolute atomic E-state index is 0.0911. The molecular formula is C17H20BrN3O. The van der Waals surface area contributed by atoms with Crippen molar-refractivity contribution < 1.29 is 4.79 Å². The molecule has 1 saturated heterocycles. The van der Waals surface area contributed by atoms with Crippen LogP contribution in [0.1, 0.15) is 16.1 Å². The molecule has 1 N–H and O–H groups in total. The number of hydrogen-bond donors (Lipinski definition) is 1. The lowest BCUT2D eigenvalue weighted by molar-refractivity contribution is 0.0633. The molecule has 0 atom stereocenters. The van der Waals surface area contributed by atoms with Crippen LogP contribution in [-0.2, 0) is 6.42 Å². The van der Waals surface area contributed by atoms with Crippen LogP contribution in [0.5, 0.6) is 0 Å². The van der Waals surface area contributed by atoms with Gasteiger partial charge in [-0.15, -0.1) is 0 Å². The van der Waals surface area contributed by atoms with Gasteiger partial charge in [-0.05, 0) is 34.0 Å². The molecule has 0 bridgehead atoms. The quantitative estimate of drug-likeness (QED) is 0.909. The van der Waals surface area contributed by atoms with E-state index in [9.17, 15) is 4.79 Å². The summed E-state index contributed by atoms with van der Waals surface area (Å²) in [4.78, 5) is 19.7. The summed E-state index contributed by atoms with van der Waals surface area (Å²) < 4.78 is 0.914. The Bertz CT molecular complexity index is 618. The first-order valence-corrected chi connectivity index (χ1v) is 8.41. The molecule has 2 heterocycles. The molecule has 4 nitrogen and oxygen atoms in total. The summed E-state index contributed by atoms with van der Waals surface area (Å²) in [6, 6.07) is 12.4. The lowest BCUT2D eigenvalue weighted by atomic mass is 10.1. The summed E-state index contributed by atoms with van der Waals surface area (Å²) in [6.45, 7) is 4.54. The van der Waals surface area contributed by atoms with E-state index in [1.54, 1.807) is 6.20 Å². The zero-order valence-electron chi connectivity index (χ0n) is 12.5. The molecule has 1 fully saturated rings. The molecule has 0 radical (unpaired) electrons. The van der Waals surface area contributed by atoms with Gasteiger partial charge in [0.15, 0.2) is 0 Å². The fourth-order valence-corrected chi connectivity index (χ4v) is 3.11. The number of aromatic nitrogens is 1. The Labute approximate surface area is 139 Å². The van der Waals surface area contributed by atoms with Gasteiger partial charge < -0.3 is 9.88 Å². The number of rotatable bonds is 4. The van der Waals surface area contributed by atoms with Crippen molar-refractivity contribution in [2.75, 3.05) is 32.7 Å². The van der Waals surface area contributed by atoms with Crippen molar-refractivity contribution >= 4 is 21.8 Å². The number of carbonyl (C=O) groups is 1. The lowest BCUT2D eigenvalue weighted by Crippen LogP contribution is -2.49. The Morgan fingerprint density at radius 2 is 1.86 bits per heavy atom. The monoisotopic (exact) mass is 361 g/mol. The van der Waals surface area contributed by atoms with Crippen LogP contribution in [0.15, 0.2) is 47.1 Å². The van der Waals surface area contributed by atoms with Crippen LogP contribution in [0.2, 0.25) is 0 Å². The van der Waals surface area contributed by atoms with Crippen LogP contribution in [0, 0.1) is 0 Å². The van der Waals surface area contributed by atoms with Gasteiger partial charge >= 0.3 is 0 Å². The topological polar surface area (TPSA) is 39.3 Å². The molecule has 0 saturated carbocycles. The predicted octanol–water partition coefficient (Wildman–Crippen LogP) is 2.78. The maximum absolute atomic E-state index is 12.4. The second-order valence-electron chi connectivity index (χ2n) is 5.60. The molecule has 3 rings (SSSR count). The van der Waals surface area contributed by atoms with E-state index in [-0.39, 0.29) is 5.91 Å². The van der Waals surface area contributed by atoms with Gasteiger partial charge in [-0.25, -0.2) is 0 Å². The second kappa shape index (κ2) is 7.11. The zero-order valence-corrected chi connectivity index (χ0v) is 14.1. The minimum Gasteiger partial charge on any atom is -0.356 e. The number of carbonyl (C=O) groups excluding carboxylic acids is 1. The van der Waals surface area contributed by atoms with Gasteiger partial charge in [0.2, 0.25) is 0 Å². The number of aromatic amines is 1. The molecule has 1 aliphatic heterocycles. The molecule has 0 aliphatic carbocycles. The Balaban J connectivity index is 1.47. The van der Waals surface area contributed by atoms with E-state index in [1.165, 1.54) is 5.56 Å². The first-order chi connectivity index (χ1) is 10.7. The minimum atomic E-state index is 0.0911. The smallest absolute Gasteiger partial charge is 0.270 e. The van der Waals surface area contributed by atoms with Crippen molar-refractivity contribution in [2.45, 2.75) is 6.42 Å². The third-order valence-electron chi connectivity index (χ3n) is 4.10. The Kier molecular flexibility index (Phi) is 4.95. The lowest BCUT2D eigenvalue weighted by Gasteiger charge is -2.34. The number of nitrogens with one attached hydrogen (secondary N) is 1. The highest BCUT2D eigenvalue weighted by Gasteiger charge is 2.22. The molecule has 0 spiro atoms. The van der Waals surface area contributed by atoms with Gasteiger partial charge in [0.25, 0.3) is 5.91 Å². The van der Waals surface area contributed by atoms with Crippen LogP contribution in [0.25, 0.3) is 0 Å². The first-order valence-electron chi connectivity index (χ1n) is 7.62. The number of benzene rings is 1. The number of halogens is 1. The van der Waals surface area contributed by atoms with E-state index in [2.05, 4.69) is 50.1 Å². The van der Waals surface area contributed by atoms with Crippen LogP contribution in [-0.4, -0.2) is 53.4 Å². The SMILES string of the molecule is O=C(c1cc(Br)c[nH]1)N1CCN(CCc2ccccc2)CC1. The van der Waals surface area contributed by atoms with E-state index in [0.29, 0.717) is 5.69 Å². The average Bonchev–Trinajstić information content (AvgIpc) is 3.00. The highest BCUT2D eigenvalue weighted by molar-refractivity contribution is 9.10. The summed E-state index contributed by atoms with van der Waals surface area (Å²) >= 11 is 3.37. The van der Waals surface area contributed by atoms with Gasteiger partial charge in [0.1, 0.15) is 5.69 Å². The highest BCUT2D eigenvalue weighted by atomic mass is 79.9. The van der Waals surface area contributed by atoms with E-state index >= 15 is 0 Å². The largest absolute Gasteiger partial charge is 0.356 e. The molecule has 1 amide bonds. The molecule has 22 heavy (non-hydrogen) atoms. The fraction of sp³-hybridized carbons (Fsp3) is 0.353. The summed E-state index contributed by atoms with van der Waals surface area (Å²) in [5, 5.41) is 0. The summed E-state index contributed by atoms with van der Waals surface area (Å²) in [7, 11) is 0. The van der Waals surface area contributed by atoms with Gasteiger partial charge in [-0.3, -0.25) is 9.69 Å². The van der Waals surface area contributed by atoms with Crippen LogP contribution in [0.4, 0.5) is 0 Å². The number of hydrogen-bond acceptors (Lipinski definition) is 2. The molecule has 1 aromatic carbocycles. The predicted molar refractivity (Wildman–Crippen MR) is 91.0 cm³/mol. The van der Waals surface area contributed by atoms with E-state index in [1.807, 2.05) is 17.0 Å². The average molecular weight is 362 g/mol. The summed E-state index contributed by atoms with van der Waals surface area (Å²) in [5.41, 5.74) is 2.03. The van der Waals surface area contributed by atoms with Crippen LogP contribution in [0.3, 0.4) is 0 Å². The number of H-pyrrole nitrogens is 1. The van der Waals surface area contributed by atoms with E-state index < -0.39 is 0 Å². The maximum Gasteiger partial charge on any atom is 0.270 e. The number of piperazine rings is 1. The normalized spacial score (nSPS) is 16.0. The third kappa shape index (κ3) is 3.78. The molecular weight excluding hydrogens is 342 g/mol. The van der Waals surface area contributed by atoms with Crippen molar-refractivity contribution in [3.05, 3.63) is 58.3 Å². The standard InChI is InChI=1S/C17H20BrN3O/c18-15-12-16(19-13-15)17(22)21-10-8-20(9-11-21)7-6-14-4-2-1-3-5-14/h1-5,12-13,19H,6-11H2. The van der Waals surface area contributed by atoms with E-state index in [4.69, 9.17) is 0 Å². The van der Waals surface area contributed by atoms with Crippen molar-refractivity contribution in [3.63, 3.8) is 0 Å². The molecule has 116 valence electrons. The molecule has 1 aliphatic rings. The van der Waals surface area contributed by atoms with Gasteiger partial charge in [-0.2, -0.15) is 0 Å². The Morgan fingerprint density at radius 1 is 1.14 bits per heavy atom. The number of nitrogens with zero attached hydrogens (tertiary/aromatic N) is 2. The number of amides is 1. The fourth-order valence-electron chi connectivity index (χ4n) is 2.77. The van der Waals surface area contributed by atoms with Crippen LogP contribution >= 0.6 is 15.9 Å². The van der Waals surface area contributed by atoms with Crippen molar-refractivity contribution in [3.8, 4) is 0 Å². The molecule has 5 heteroatoms. The maximum atomic E-state index is 12.4. The summed E-state index contributed by atoms with van der Waals surface area (Å²) in [6.07, 6.45) is 2.86. The van der Waals surface area contributed by atoms with Crippen LogP contribution < -0.4 is 0 Å². The van der Waals surface area contributed by atoms with Gasteiger partial charge in [0.05, 0.1) is 0 Å². The van der Waals surface area contributed by atoms with Crippen molar-refractivity contribution in [1.82, 2.24) is 14.8 Å². The van der Waals surface area contributed by atoms with Gasteiger partial charge in [-0.1, -0.05) is 30.3 Å². The zero-order chi connectivity index (χ0) is 15.4. The molecule has 0 unspecified atom stereocenters. The third-order valence-corrected chi connectivity index (χ3v) is 4.56. The first kappa shape index (κ1) is 15.3. The second-order valence-corrected chi connectivity index (χ2v) is 6.52. The molecule has 1 aromatic heterocycles. The van der Waals surface area contributed by atoms with Crippen molar-refractivity contribution in [1.29, 1.82) is 0 Å². The van der Waals surface area contributed by atoms with Crippen molar-refractivity contribution in [2.24, 2.45) is 0 Å². The molecule has 2 aromatic rings. The summed E-state index contributed by atoms with van der Waals surface area (Å²) in [5.74, 6) is 0.0911. The Morgan fingerprint density at radius 3 is 2.50 bits per heavy atom. The van der Waals surface area contributed by atoms with E-state index in [0.717, 1.165) is 43.6 Å².